The number of benzene rings is 1. The predicted molar refractivity (Wildman–Crippen MR) is 116 cm³/mol. The van der Waals surface area contributed by atoms with Gasteiger partial charge in [-0.25, -0.2) is 9.97 Å². The number of aromatic nitrogens is 2. The number of rotatable bonds is 9. The summed E-state index contributed by atoms with van der Waals surface area (Å²) in [7, 11) is 0. The zero-order chi connectivity index (χ0) is 22.1. The molecule has 1 aromatic heterocycles. The van der Waals surface area contributed by atoms with Crippen molar-refractivity contribution in [3.8, 4) is 5.75 Å². The van der Waals surface area contributed by atoms with Crippen LogP contribution in [0.25, 0.3) is 0 Å². The van der Waals surface area contributed by atoms with Crippen molar-refractivity contribution in [3.63, 3.8) is 0 Å². The summed E-state index contributed by atoms with van der Waals surface area (Å²) in [6, 6.07) is 7.71. The first kappa shape index (κ1) is 23.2. The Balaban J connectivity index is 1.67. The van der Waals surface area contributed by atoms with E-state index in [2.05, 4.69) is 20.6 Å². The number of halogens is 1. The number of aliphatic hydroxyl groups excluding tert-OH is 1. The minimum Gasteiger partial charge on any atom is -0.491 e. The Morgan fingerprint density at radius 3 is 2.60 bits per heavy atom. The van der Waals surface area contributed by atoms with Crippen LogP contribution in [0.5, 0.6) is 5.75 Å². The second kappa shape index (κ2) is 11.2. The zero-order valence-electron chi connectivity index (χ0n) is 16.6. The molecule has 0 aliphatic heterocycles. The van der Waals surface area contributed by atoms with Crippen molar-refractivity contribution in [1.29, 1.82) is 5.41 Å². The van der Waals surface area contributed by atoms with Crippen molar-refractivity contribution < 1.29 is 14.6 Å². The van der Waals surface area contributed by atoms with Crippen LogP contribution in [0.3, 0.4) is 0 Å². The van der Waals surface area contributed by atoms with Crippen molar-refractivity contribution in [3.05, 3.63) is 40.7 Å². The van der Waals surface area contributed by atoms with E-state index in [0.29, 0.717) is 6.54 Å². The molecule has 0 saturated carbocycles. The molecule has 2 rings (SSSR count). The Labute approximate surface area is 179 Å². The van der Waals surface area contributed by atoms with Gasteiger partial charge >= 0.3 is 0 Å². The smallest absolute Gasteiger partial charge is 0.280 e. The van der Waals surface area contributed by atoms with Crippen molar-refractivity contribution in [2.75, 3.05) is 24.6 Å². The standard InChI is InChI=1S/C19H26ClN7O3/c1-11(28)10-30-13-7-5-12(6-8-13)4-2-3-9-24-19(23)27-18(29)14-16(21)26-17(22)15(20)25-14/h5-8,11,28H,2-4,9-10H2,1H3,(H4,21,22,26)(H3,23,24,27,29). The molecule has 1 amide bonds. The van der Waals surface area contributed by atoms with Gasteiger partial charge in [0.25, 0.3) is 5.91 Å². The third-order valence-electron chi connectivity index (χ3n) is 3.97. The number of ether oxygens (including phenoxy) is 1. The Morgan fingerprint density at radius 1 is 1.23 bits per heavy atom. The molecule has 1 atom stereocenters. The second-order valence-electron chi connectivity index (χ2n) is 6.65. The molecule has 0 saturated heterocycles. The number of hydrogen-bond donors (Lipinski definition) is 6. The molecule has 30 heavy (non-hydrogen) atoms. The summed E-state index contributed by atoms with van der Waals surface area (Å²) in [5, 5.41) is 22.1. The molecule has 0 spiro atoms. The molecule has 8 N–H and O–H groups in total. The highest BCUT2D eigenvalue weighted by atomic mass is 35.5. The summed E-state index contributed by atoms with van der Waals surface area (Å²) < 4.78 is 5.43. The van der Waals surface area contributed by atoms with Crippen molar-refractivity contribution >= 4 is 35.1 Å². The van der Waals surface area contributed by atoms with Crippen molar-refractivity contribution in [2.24, 2.45) is 0 Å². The largest absolute Gasteiger partial charge is 0.491 e. The first-order valence-electron chi connectivity index (χ1n) is 9.38. The average molecular weight is 436 g/mol. The molecule has 0 radical (unpaired) electrons. The zero-order valence-corrected chi connectivity index (χ0v) is 17.4. The van der Waals surface area contributed by atoms with Gasteiger partial charge in [-0.1, -0.05) is 23.7 Å². The van der Waals surface area contributed by atoms with Crippen LogP contribution in [0.15, 0.2) is 24.3 Å². The number of unbranched alkanes of at least 4 members (excludes halogenated alkanes) is 1. The number of hydrogen-bond acceptors (Lipinski definition) is 8. The number of aryl methyl sites for hydroxylation is 1. The van der Waals surface area contributed by atoms with Gasteiger partial charge in [0.05, 0.1) is 6.10 Å². The maximum absolute atomic E-state index is 12.1. The quantitative estimate of drug-likeness (QED) is 0.194. The van der Waals surface area contributed by atoms with Gasteiger partial charge in [-0.05, 0) is 43.9 Å². The maximum Gasteiger partial charge on any atom is 0.280 e. The summed E-state index contributed by atoms with van der Waals surface area (Å²) in [4.78, 5) is 19.6. The van der Waals surface area contributed by atoms with Crippen molar-refractivity contribution in [1.82, 2.24) is 20.6 Å². The molecule has 1 heterocycles. The number of nitrogens with one attached hydrogen (secondary N) is 3. The van der Waals surface area contributed by atoms with E-state index < -0.39 is 12.0 Å². The first-order chi connectivity index (χ1) is 14.3. The van der Waals surface area contributed by atoms with Gasteiger partial charge in [0.2, 0.25) is 0 Å². The van der Waals surface area contributed by atoms with E-state index in [-0.39, 0.29) is 35.0 Å². The molecule has 0 aliphatic carbocycles. The van der Waals surface area contributed by atoms with E-state index in [1.165, 1.54) is 0 Å². The molecular formula is C19H26ClN7O3. The lowest BCUT2D eigenvalue weighted by atomic mass is 10.1. The number of guanidine groups is 1. The van der Waals surface area contributed by atoms with E-state index in [1.54, 1.807) is 6.92 Å². The lowest BCUT2D eigenvalue weighted by Gasteiger charge is -2.11. The molecule has 1 unspecified atom stereocenters. The number of carbonyl (C=O) groups excluding carboxylic acids is 1. The Bertz CT molecular complexity index is 875. The van der Waals surface area contributed by atoms with Crippen molar-refractivity contribution in [2.45, 2.75) is 32.3 Å². The number of anilines is 2. The van der Waals surface area contributed by atoms with Gasteiger partial charge in [-0.15, -0.1) is 0 Å². The fourth-order valence-electron chi connectivity index (χ4n) is 2.46. The minimum absolute atomic E-state index is 0.0687. The average Bonchev–Trinajstić information content (AvgIpc) is 2.69. The molecule has 0 bridgehead atoms. The summed E-state index contributed by atoms with van der Waals surface area (Å²) in [6.45, 7) is 2.45. The summed E-state index contributed by atoms with van der Waals surface area (Å²) in [5.74, 6) is -0.380. The highest BCUT2D eigenvalue weighted by Crippen LogP contribution is 2.17. The number of nitrogens with two attached hydrogens (primary N) is 2. The lowest BCUT2D eigenvalue weighted by molar-refractivity contribution is 0.0971. The Hall–Kier alpha value is -3.11. The van der Waals surface area contributed by atoms with E-state index in [0.717, 1.165) is 30.6 Å². The SMILES string of the molecule is CC(O)COc1ccc(CCCCNC(=N)NC(=O)c2nc(Cl)c(N)nc2N)cc1. The minimum atomic E-state index is -0.697. The predicted octanol–water partition coefficient (Wildman–Crippen LogP) is 1.33. The second-order valence-corrected chi connectivity index (χ2v) is 7.01. The molecular weight excluding hydrogens is 410 g/mol. The molecule has 2 aromatic rings. The Kier molecular flexibility index (Phi) is 8.63. The van der Waals surface area contributed by atoms with Gasteiger partial charge in [-0.2, -0.15) is 0 Å². The van der Waals surface area contributed by atoms with E-state index in [1.807, 2.05) is 24.3 Å². The number of aliphatic hydroxyl groups is 1. The van der Waals surface area contributed by atoms with Gasteiger partial charge in [-0.3, -0.25) is 15.5 Å². The number of amides is 1. The number of nitrogen functional groups attached to an aromatic ring is 2. The summed E-state index contributed by atoms with van der Waals surface area (Å²) in [5.41, 5.74) is 12.1. The van der Waals surface area contributed by atoms with Crippen LogP contribution in [0.2, 0.25) is 5.15 Å². The fraction of sp³-hybridized carbons (Fsp3) is 0.368. The van der Waals surface area contributed by atoms with Gasteiger partial charge < -0.3 is 26.6 Å². The molecule has 0 aliphatic rings. The third kappa shape index (κ3) is 7.37. The number of carbonyl (C=O) groups is 1. The topological polar surface area (TPSA) is 172 Å². The van der Waals surface area contributed by atoms with Crippen LogP contribution < -0.4 is 26.8 Å². The molecule has 10 nitrogen and oxygen atoms in total. The normalized spacial score (nSPS) is 11.6. The lowest BCUT2D eigenvalue weighted by Crippen LogP contribution is -2.41. The monoisotopic (exact) mass is 435 g/mol. The van der Waals surface area contributed by atoms with Crippen LogP contribution in [-0.4, -0.2) is 46.2 Å². The van der Waals surface area contributed by atoms with Crippen LogP contribution in [0, 0.1) is 5.41 Å². The highest BCUT2D eigenvalue weighted by molar-refractivity contribution is 6.31. The summed E-state index contributed by atoms with van der Waals surface area (Å²) >= 11 is 5.75. The Morgan fingerprint density at radius 2 is 1.93 bits per heavy atom. The fourth-order valence-corrected chi connectivity index (χ4v) is 2.59. The van der Waals surface area contributed by atoms with E-state index in [9.17, 15) is 9.90 Å². The molecule has 0 fully saturated rings. The van der Waals surface area contributed by atoms with Gasteiger partial charge in [0.1, 0.15) is 12.4 Å². The molecule has 11 heteroatoms. The maximum atomic E-state index is 12.1. The third-order valence-corrected chi connectivity index (χ3v) is 4.25. The van der Waals surface area contributed by atoms with Crippen LogP contribution in [0.4, 0.5) is 11.6 Å². The summed E-state index contributed by atoms with van der Waals surface area (Å²) in [6.07, 6.45) is 2.06. The molecule has 1 aromatic carbocycles. The van der Waals surface area contributed by atoms with Crippen LogP contribution >= 0.6 is 11.6 Å². The first-order valence-corrected chi connectivity index (χ1v) is 9.76. The molecule has 162 valence electrons. The van der Waals surface area contributed by atoms with Gasteiger partial charge in [0.15, 0.2) is 28.4 Å². The number of nitrogens with zero attached hydrogens (tertiary/aromatic N) is 2. The highest BCUT2D eigenvalue weighted by Gasteiger charge is 2.16. The van der Waals surface area contributed by atoms with Crippen LogP contribution in [0.1, 0.15) is 35.8 Å². The van der Waals surface area contributed by atoms with Gasteiger partial charge in [0, 0.05) is 6.54 Å². The van der Waals surface area contributed by atoms with Crippen LogP contribution in [-0.2, 0) is 6.42 Å². The van der Waals surface area contributed by atoms with E-state index in [4.69, 9.17) is 33.2 Å². The van der Waals surface area contributed by atoms with E-state index >= 15 is 0 Å².